The topological polar surface area (TPSA) is 151 Å². The van der Waals surface area contributed by atoms with Gasteiger partial charge < -0.3 is 15.1 Å². The number of hydrogen-bond acceptors (Lipinski definition) is 11. The number of anilines is 2. The third-order valence-electron chi connectivity index (χ3n) is 10.0. The summed E-state index contributed by atoms with van der Waals surface area (Å²) in [5, 5.41) is 9.10. The van der Waals surface area contributed by atoms with Crippen LogP contribution in [0.1, 0.15) is 25.7 Å². The molecule has 4 aliphatic rings. The molecular weight excluding hydrogens is 700 g/mol. The lowest BCUT2D eigenvalue weighted by atomic mass is 9.67. The van der Waals surface area contributed by atoms with Crippen LogP contribution in [0.25, 0.3) is 33.0 Å². The zero-order valence-electron chi connectivity index (χ0n) is 26.2. The van der Waals surface area contributed by atoms with Gasteiger partial charge in [0.15, 0.2) is 25.7 Å². The first kappa shape index (κ1) is 32.6. The van der Waals surface area contributed by atoms with Gasteiger partial charge in [0.05, 0.1) is 27.8 Å². The average Bonchev–Trinajstić information content (AvgIpc) is 3.54. The van der Waals surface area contributed by atoms with Crippen LogP contribution in [-0.2, 0) is 19.9 Å². The SMILES string of the molecule is CN1CC2CCC(C1)N2c1nc(-c2cccc(-c3ccc(F)c(S(N)(=O)=O)c3F)c2F)c(-c2ccnc(NC3CC4(C3)CS(=O)(=O)C4)n2)s1. The van der Waals surface area contributed by atoms with Crippen LogP contribution in [0.4, 0.5) is 24.3 Å². The number of halogens is 3. The van der Waals surface area contributed by atoms with E-state index >= 15 is 8.78 Å². The van der Waals surface area contributed by atoms with Crippen LogP contribution in [0.2, 0.25) is 0 Å². The summed E-state index contributed by atoms with van der Waals surface area (Å²) in [5.41, 5.74) is -0.159. The molecule has 1 saturated carbocycles. The van der Waals surface area contributed by atoms with Crippen LogP contribution >= 0.6 is 11.3 Å². The number of benzene rings is 2. The molecule has 3 N–H and O–H groups in total. The van der Waals surface area contributed by atoms with E-state index in [0.717, 1.165) is 38.1 Å². The van der Waals surface area contributed by atoms with Gasteiger partial charge in [-0.05, 0) is 57.0 Å². The van der Waals surface area contributed by atoms with Gasteiger partial charge in [0, 0.05) is 59.5 Å². The van der Waals surface area contributed by atoms with Crippen LogP contribution in [0.5, 0.6) is 0 Å². The van der Waals surface area contributed by atoms with E-state index in [9.17, 15) is 21.2 Å². The van der Waals surface area contributed by atoms with Crippen molar-refractivity contribution in [3.63, 3.8) is 0 Å². The highest BCUT2D eigenvalue weighted by atomic mass is 32.2. The van der Waals surface area contributed by atoms with E-state index in [4.69, 9.17) is 15.1 Å². The molecule has 0 amide bonds. The van der Waals surface area contributed by atoms with Crippen LogP contribution in [0.15, 0.2) is 47.5 Å². The standard InChI is InChI=1S/C32H32F3N7O4S3/c1-41-13-18-5-6-19(14-41)42(18)31-40-27(22-4-2-3-20(25(22)34)21-7-8-23(33)29(26(21)35)49(36,45)46)28(47-31)24-9-10-37-30(39-24)38-17-11-32(12-17)15-48(43,44)16-32/h2-4,7-10,17-19H,5-6,11-16H2,1H3,(H2,36,45,46)(H,37,38,39). The van der Waals surface area contributed by atoms with E-state index < -0.39 is 47.8 Å². The Labute approximate surface area is 285 Å². The number of rotatable bonds is 7. The van der Waals surface area contributed by atoms with Gasteiger partial charge in [-0.15, -0.1) is 0 Å². The Kier molecular flexibility index (Phi) is 7.61. The van der Waals surface area contributed by atoms with E-state index in [2.05, 4.69) is 27.1 Å². The summed E-state index contributed by atoms with van der Waals surface area (Å²) in [5.74, 6) is -2.99. The van der Waals surface area contributed by atoms with Gasteiger partial charge in [0.25, 0.3) is 0 Å². The van der Waals surface area contributed by atoms with Crippen molar-refractivity contribution in [2.75, 3.05) is 41.9 Å². The van der Waals surface area contributed by atoms with Crippen molar-refractivity contribution < 1.29 is 30.0 Å². The third-order valence-corrected chi connectivity index (χ3v) is 14.2. The van der Waals surface area contributed by atoms with E-state index in [1.807, 2.05) is 0 Å². The van der Waals surface area contributed by atoms with Crippen molar-refractivity contribution in [1.82, 2.24) is 19.9 Å². The normalized spacial score (nSPS) is 23.0. The first-order chi connectivity index (χ1) is 23.2. The molecule has 49 heavy (non-hydrogen) atoms. The fraction of sp³-hybridized carbons (Fsp3) is 0.406. The van der Waals surface area contributed by atoms with Gasteiger partial charge in [-0.3, -0.25) is 0 Å². The summed E-state index contributed by atoms with van der Waals surface area (Å²) in [4.78, 5) is 17.9. The van der Waals surface area contributed by atoms with Crippen molar-refractivity contribution in [3.8, 4) is 33.0 Å². The zero-order valence-corrected chi connectivity index (χ0v) is 28.7. The van der Waals surface area contributed by atoms with E-state index in [-0.39, 0.29) is 51.9 Å². The van der Waals surface area contributed by atoms with Crippen molar-refractivity contribution >= 4 is 42.3 Å². The molecule has 258 valence electrons. The van der Waals surface area contributed by atoms with Crippen LogP contribution in [0, 0.1) is 22.9 Å². The molecule has 5 heterocycles. The number of primary sulfonamides is 1. The molecule has 17 heteroatoms. The number of likely N-dealkylation sites (N-methyl/N-ethyl adjacent to an activating group) is 1. The fourth-order valence-corrected chi connectivity index (χ4v) is 12.2. The molecule has 2 atom stereocenters. The second-order valence-corrected chi connectivity index (χ2v) is 18.2. The maximum absolute atomic E-state index is 16.6. The average molecular weight is 732 g/mol. The molecule has 2 bridgehead atoms. The Bertz CT molecular complexity index is 2200. The van der Waals surface area contributed by atoms with Crippen LogP contribution < -0.4 is 15.4 Å². The number of nitrogens with one attached hydrogen (secondary N) is 1. The number of thiazole rings is 1. The Morgan fingerprint density at radius 3 is 2.31 bits per heavy atom. The number of nitrogens with zero attached hydrogens (tertiary/aromatic N) is 5. The first-order valence-corrected chi connectivity index (χ1v) is 20.0. The number of aromatic nitrogens is 3. The minimum absolute atomic E-state index is 0.0187. The molecule has 2 unspecified atom stereocenters. The molecule has 3 saturated heterocycles. The molecule has 4 aromatic rings. The number of nitrogens with two attached hydrogens (primary N) is 1. The molecule has 3 aliphatic heterocycles. The van der Waals surface area contributed by atoms with Gasteiger partial charge in [0.2, 0.25) is 16.0 Å². The molecule has 2 aromatic carbocycles. The van der Waals surface area contributed by atoms with Crippen molar-refractivity contribution in [1.29, 1.82) is 0 Å². The first-order valence-electron chi connectivity index (χ1n) is 15.8. The molecule has 2 aromatic heterocycles. The molecule has 0 radical (unpaired) electrons. The minimum Gasteiger partial charge on any atom is -0.351 e. The minimum atomic E-state index is -4.79. The lowest BCUT2D eigenvalue weighted by molar-refractivity contribution is 0.153. The van der Waals surface area contributed by atoms with Gasteiger partial charge >= 0.3 is 0 Å². The molecule has 1 aliphatic carbocycles. The number of fused-ring (bicyclic) bond motifs is 2. The smallest absolute Gasteiger partial charge is 0.243 e. The summed E-state index contributed by atoms with van der Waals surface area (Å²) in [7, 11) is -5.65. The van der Waals surface area contributed by atoms with E-state index in [1.165, 1.54) is 29.5 Å². The van der Waals surface area contributed by atoms with E-state index in [0.29, 0.717) is 34.5 Å². The highest BCUT2D eigenvalue weighted by molar-refractivity contribution is 7.92. The van der Waals surface area contributed by atoms with Crippen LogP contribution in [0.3, 0.4) is 0 Å². The molecular formula is C32H32F3N7O4S3. The predicted octanol–water partition coefficient (Wildman–Crippen LogP) is 4.27. The van der Waals surface area contributed by atoms with E-state index in [1.54, 1.807) is 12.3 Å². The molecule has 8 rings (SSSR count). The predicted molar refractivity (Wildman–Crippen MR) is 180 cm³/mol. The Morgan fingerprint density at radius 1 is 0.959 bits per heavy atom. The monoisotopic (exact) mass is 731 g/mol. The summed E-state index contributed by atoms with van der Waals surface area (Å²) < 4.78 is 94.0. The number of likely N-dealkylation sites (tertiary alicyclic amines) is 1. The Morgan fingerprint density at radius 2 is 1.63 bits per heavy atom. The van der Waals surface area contributed by atoms with Crippen molar-refractivity contribution in [2.24, 2.45) is 10.6 Å². The van der Waals surface area contributed by atoms with Crippen LogP contribution in [-0.4, -0.2) is 86.5 Å². The molecule has 1 spiro atoms. The maximum Gasteiger partial charge on any atom is 0.243 e. The largest absolute Gasteiger partial charge is 0.351 e. The lowest BCUT2D eigenvalue weighted by Gasteiger charge is -2.53. The fourth-order valence-electron chi connectivity index (χ4n) is 8.08. The molecule has 11 nitrogen and oxygen atoms in total. The Hall–Kier alpha value is -3.64. The lowest BCUT2D eigenvalue weighted by Crippen LogP contribution is -2.60. The third kappa shape index (κ3) is 5.68. The number of sulfone groups is 1. The van der Waals surface area contributed by atoms with Gasteiger partial charge in [-0.1, -0.05) is 23.5 Å². The highest BCUT2D eigenvalue weighted by Gasteiger charge is 2.56. The second kappa shape index (κ2) is 11.4. The highest BCUT2D eigenvalue weighted by Crippen LogP contribution is 2.51. The number of sulfonamides is 1. The Balaban J connectivity index is 1.20. The summed E-state index contributed by atoms with van der Waals surface area (Å²) in [6.45, 7) is 1.71. The van der Waals surface area contributed by atoms with Gasteiger partial charge in [0.1, 0.15) is 11.6 Å². The summed E-state index contributed by atoms with van der Waals surface area (Å²) in [6, 6.07) is 8.16. The summed E-state index contributed by atoms with van der Waals surface area (Å²) >= 11 is 1.37. The van der Waals surface area contributed by atoms with Crippen molar-refractivity contribution in [3.05, 3.63) is 60.0 Å². The van der Waals surface area contributed by atoms with Gasteiger partial charge in [-0.2, -0.15) is 0 Å². The quantitative estimate of drug-likeness (QED) is 0.282. The number of hydrogen-bond donors (Lipinski definition) is 2. The van der Waals surface area contributed by atoms with Gasteiger partial charge in [-0.25, -0.2) is 50.1 Å². The van der Waals surface area contributed by atoms with Crippen molar-refractivity contribution in [2.45, 2.75) is 48.7 Å². The molecule has 4 fully saturated rings. The summed E-state index contributed by atoms with van der Waals surface area (Å²) in [6.07, 6.45) is 4.97. The zero-order chi connectivity index (χ0) is 34.5. The second-order valence-electron chi connectivity index (χ2n) is 13.7. The maximum atomic E-state index is 16.6. The number of piperazine rings is 1.